The maximum absolute atomic E-state index is 12.2. The molecule has 5 nitrogen and oxygen atoms in total. The lowest BCUT2D eigenvalue weighted by Gasteiger charge is -2.33. The first-order chi connectivity index (χ1) is 14.3. The van der Waals surface area contributed by atoms with Crippen LogP contribution in [-0.4, -0.2) is 42.8 Å². The van der Waals surface area contributed by atoms with Crippen molar-refractivity contribution < 1.29 is 23.7 Å². The Kier molecular flexibility index (Phi) is 13.5. The number of rotatable bonds is 14. The van der Waals surface area contributed by atoms with Gasteiger partial charge in [-0.25, -0.2) is 0 Å². The van der Waals surface area contributed by atoms with E-state index in [1.807, 2.05) is 0 Å². The van der Waals surface area contributed by atoms with Crippen LogP contribution in [0.5, 0.6) is 0 Å². The number of unbranched alkanes of at least 4 members (excludes halogenated alkanes) is 2. The van der Waals surface area contributed by atoms with Gasteiger partial charge in [-0.2, -0.15) is 0 Å². The van der Waals surface area contributed by atoms with Crippen molar-refractivity contribution in [3.63, 3.8) is 0 Å². The second-order valence-corrected chi connectivity index (χ2v) is 10.3. The van der Waals surface area contributed by atoms with Gasteiger partial charge >= 0.3 is 0 Å². The van der Waals surface area contributed by atoms with Crippen LogP contribution in [0.25, 0.3) is 0 Å². The maximum atomic E-state index is 12.2. The van der Waals surface area contributed by atoms with E-state index >= 15 is 0 Å². The monoisotopic (exact) mass is 442 g/mol. The molecule has 2 atom stereocenters. The summed E-state index contributed by atoms with van der Waals surface area (Å²) in [5, 5.41) is 0. The van der Waals surface area contributed by atoms with Crippen molar-refractivity contribution in [2.24, 2.45) is 0 Å². The van der Waals surface area contributed by atoms with Gasteiger partial charge in [-0.3, -0.25) is 4.79 Å². The zero-order chi connectivity index (χ0) is 21.9. The standard InChI is InChI=1S/C25H46O5.CH4/c1-24(2,29-22-15-7-11-19-27-22)17-9-5-13-21(26)14-6-10-18-25(3,4)30-23-16-8-12-20-28-23;/h22-23H,5-20H2,1-4H3;1H4. The number of ketones is 1. The van der Waals surface area contributed by atoms with E-state index in [4.69, 9.17) is 18.9 Å². The van der Waals surface area contributed by atoms with E-state index in [-0.39, 0.29) is 31.2 Å². The van der Waals surface area contributed by atoms with Crippen LogP contribution in [0.3, 0.4) is 0 Å². The molecule has 0 aliphatic carbocycles. The molecule has 2 saturated heterocycles. The van der Waals surface area contributed by atoms with Crippen molar-refractivity contribution in [1.82, 2.24) is 0 Å². The van der Waals surface area contributed by atoms with Gasteiger partial charge in [0.05, 0.1) is 11.2 Å². The Morgan fingerprint density at radius 3 is 1.52 bits per heavy atom. The fourth-order valence-corrected chi connectivity index (χ4v) is 4.31. The van der Waals surface area contributed by atoms with Crippen LogP contribution in [0.15, 0.2) is 0 Å². The summed E-state index contributed by atoms with van der Waals surface area (Å²) in [5.41, 5.74) is -0.364. The Morgan fingerprint density at radius 1 is 0.742 bits per heavy atom. The van der Waals surface area contributed by atoms with E-state index in [2.05, 4.69) is 27.7 Å². The number of Topliss-reactive ketones (excluding diaryl/α,β-unsaturated/α-hetero) is 1. The Morgan fingerprint density at radius 2 is 1.16 bits per heavy atom. The minimum atomic E-state index is -0.182. The molecule has 2 unspecified atom stereocenters. The molecular weight excluding hydrogens is 392 g/mol. The van der Waals surface area contributed by atoms with Crippen LogP contribution in [-0.2, 0) is 23.7 Å². The summed E-state index contributed by atoms with van der Waals surface area (Å²) in [6.07, 6.45) is 13.8. The van der Waals surface area contributed by atoms with Crippen LogP contribution in [0.2, 0.25) is 0 Å². The predicted octanol–water partition coefficient (Wildman–Crippen LogP) is 6.96. The topological polar surface area (TPSA) is 54.0 Å². The van der Waals surface area contributed by atoms with E-state index in [0.29, 0.717) is 18.6 Å². The lowest BCUT2D eigenvalue weighted by Crippen LogP contribution is -2.34. The molecule has 31 heavy (non-hydrogen) atoms. The number of hydrogen-bond donors (Lipinski definition) is 0. The van der Waals surface area contributed by atoms with Crippen LogP contribution < -0.4 is 0 Å². The highest BCUT2D eigenvalue weighted by molar-refractivity contribution is 5.78. The van der Waals surface area contributed by atoms with Gasteiger partial charge in [0.25, 0.3) is 0 Å². The van der Waals surface area contributed by atoms with E-state index in [1.54, 1.807) is 0 Å². The average Bonchev–Trinajstić information content (AvgIpc) is 2.69. The van der Waals surface area contributed by atoms with Gasteiger partial charge < -0.3 is 18.9 Å². The van der Waals surface area contributed by atoms with Crippen molar-refractivity contribution in [3.05, 3.63) is 0 Å². The van der Waals surface area contributed by atoms with Gasteiger partial charge in [-0.1, -0.05) is 20.3 Å². The molecule has 0 aromatic rings. The molecule has 0 amide bonds. The highest BCUT2D eigenvalue weighted by Gasteiger charge is 2.26. The molecule has 2 fully saturated rings. The summed E-state index contributed by atoms with van der Waals surface area (Å²) >= 11 is 0. The smallest absolute Gasteiger partial charge is 0.158 e. The Hall–Kier alpha value is -0.490. The SMILES string of the molecule is C.CC(C)(CCCCC(=O)CCCCC(C)(C)OC1CCCCO1)OC1CCCCO1. The zero-order valence-electron chi connectivity index (χ0n) is 20.0. The summed E-state index contributed by atoms with van der Waals surface area (Å²) in [4.78, 5) is 12.2. The fourth-order valence-electron chi connectivity index (χ4n) is 4.31. The maximum Gasteiger partial charge on any atom is 0.158 e. The average molecular weight is 443 g/mol. The van der Waals surface area contributed by atoms with Gasteiger partial charge in [0.2, 0.25) is 0 Å². The molecule has 0 N–H and O–H groups in total. The predicted molar refractivity (Wildman–Crippen MR) is 126 cm³/mol. The molecule has 0 spiro atoms. The van der Waals surface area contributed by atoms with Gasteiger partial charge in [-0.15, -0.1) is 0 Å². The Labute approximate surface area is 191 Å². The largest absolute Gasteiger partial charge is 0.353 e. The van der Waals surface area contributed by atoms with Gasteiger partial charge in [-0.05, 0) is 91.9 Å². The minimum Gasteiger partial charge on any atom is -0.353 e. The second-order valence-electron chi connectivity index (χ2n) is 10.3. The summed E-state index contributed by atoms with van der Waals surface area (Å²) in [6, 6.07) is 0. The van der Waals surface area contributed by atoms with Gasteiger partial charge in [0, 0.05) is 26.1 Å². The first-order valence-corrected chi connectivity index (χ1v) is 12.4. The summed E-state index contributed by atoms with van der Waals surface area (Å²) in [5.74, 6) is 0.388. The molecule has 2 rings (SSSR count). The molecule has 0 saturated carbocycles. The summed E-state index contributed by atoms with van der Waals surface area (Å²) < 4.78 is 23.6. The highest BCUT2D eigenvalue weighted by atomic mass is 16.7. The number of carbonyl (C=O) groups is 1. The molecule has 0 bridgehead atoms. The normalized spacial score (nSPS) is 22.7. The van der Waals surface area contributed by atoms with E-state index in [9.17, 15) is 4.79 Å². The molecule has 0 radical (unpaired) electrons. The molecule has 0 aromatic carbocycles. The molecule has 2 heterocycles. The number of carbonyl (C=O) groups excluding carboxylic acids is 1. The molecular formula is C26H50O5. The molecule has 184 valence electrons. The molecule has 0 aromatic heterocycles. The van der Waals surface area contributed by atoms with Crippen LogP contribution in [0, 0.1) is 0 Å². The first kappa shape index (κ1) is 28.5. The second kappa shape index (κ2) is 14.6. The van der Waals surface area contributed by atoms with Gasteiger partial charge in [0.1, 0.15) is 5.78 Å². The van der Waals surface area contributed by atoms with Crippen LogP contribution >= 0.6 is 0 Å². The Balaban J connectivity index is 0.00000480. The van der Waals surface area contributed by atoms with Crippen LogP contribution in [0.1, 0.15) is 125 Å². The third-order valence-electron chi connectivity index (χ3n) is 6.15. The van der Waals surface area contributed by atoms with E-state index < -0.39 is 0 Å². The van der Waals surface area contributed by atoms with E-state index in [1.165, 1.54) is 12.8 Å². The number of hydrogen-bond acceptors (Lipinski definition) is 5. The van der Waals surface area contributed by atoms with Crippen molar-refractivity contribution in [3.8, 4) is 0 Å². The summed E-state index contributed by atoms with van der Waals surface area (Å²) in [6.45, 7) is 10.2. The van der Waals surface area contributed by atoms with Crippen molar-refractivity contribution in [1.29, 1.82) is 0 Å². The first-order valence-electron chi connectivity index (χ1n) is 12.4. The van der Waals surface area contributed by atoms with Gasteiger partial charge in [0.15, 0.2) is 12.6 Å². The summed E-state index contributed by atoms with van der Waals surface area (Å²) in [7, 11) is 0. The van der Waals surface area contributed by atoms with Crippen LogP contribution in [0.4, 0.5) is 0 Å². The molecule has 2 aliphatic rings. The fraction of sp³-hybridized carbons (Fsp3) is 0.962. The lowest BCUT2D eigenvalue weighted by molar-refractivity contribution is -0.217. The van der Waals surface area contributed by atoms with E-state index in [0.717, 1.165) is 77.4 Å². The third kappa shape index (κ3) is 13.0. The van der Waals surface area contributed by atoms with Crippen molar-refractivity contribution in [2.45, 2.75) is 149 Å². The third-order valence-corrected chi connectivity index (χ3v) is 6.15. The molecule has 2 aliphatic heterocycles. The number of ether oxygens (including phenoxy) is 4. The van der Waals surface area contributed by atoms with Crippen molar-refractivity contribution >= 4 is 5.78 Å². The van der Waals surface area contributed by atoms with Crippen molar-refractivity contribution in [2.75, 3.05) is 13.2 Å². The lowest BCUT2D eigenvalue weighted by atomic mass is 9.97. The Bertz CT molecular complexity index is 434. The zero-order valence-corrected chi connectivity index (χ0v) is 20.0. The highest BCUT2D eigenvalue weighted by Crippen LogP contribution is 2.26. The molecule has 5 heteroatoms. The minimum absolute atomic E-state index is 0. The quantitative estimate of drug-likeness (QED) is 0.272.